The molecule has 182 valence electrons. The van der Waals surface area contributed by atoms with E-state index in [1.165, 1.54) is 0 Å². The smallest absolute Gasteiger partial charge is 0.331 e. The third kappa shape index (κ3) is 4.92. The molecule has 0 aliphatic rings. The number of benzene rings is 2. The number of aryl methyl sites for hydroxylation is 3. The van der Waals surface area contributed by atoms with E-state index >= 15 is 0 Å². The molecule has 1 N–H and O–H groups in total. The first kappa shape index (κ1) is 24.5. The lowest BCUT2D eigenvalue weighted by atomic mass is 10.0. The first-order chi connectivity index (χ1) is 16.8. The number of anilines is 1. The van der Waals surface area contributed by atoms with Gasteiger partial charge in [0.2, 0.25) is 0 Å². The predicted molar refractivity (Wildman–Crippen MR) is 141 cm³/mol. The number of carbonyl (C=O) groups is 1. The molecule has 0 spiro atoms. The molecule has 0 radical (unpaired) electrons. The van der Waals surface area contributed by atoms with Gasteiger partial charge in [-0.05, 0) is 62.1 Å². The Kier molecular flexibility index (Phi) is 7.20. The van der Waals surface area contributed by atoms with Gasteiger partial charge in [-0.3, -0.25) is 0 Å². The molecule has 35 heavy (non-hydrogen) atoms. The van der Waals surface area contributed by atoms with Gasteiger partial charge < -0.3 is 14.6 Å². The van der Waals surface area contributed by atoms with Crippen LogP contribution in [-0.4, -0.2) is 31.7 Å². The largest absolute Gasteiger partial charge is 0.479 e. The molecular formula is C29H34N4O2. The minimum atomic E-state index is -0.852. The number of carboxylic acids is 1. The molecule has 2 aromatic carbocycles. The number of nitrogens with zero attached hydrogens (tertiary/aromatic N) is 4. The van der Waals surface area contributed by atoms with Crippen LogP contribution in [0.15, 0.2) is 60.7 Å². The maximum atomic E-state index is 12.4. The van der Waals surface area contributed by atoms with Crippen LogP contribution in [0.1, 0.15) is 61.4 Å². The van der Waals surface area contributed by atoms with Crippen LogP contribution >= 0.6 is 0 Å². The van der Waals surface area contributed by atoms with Crippen molar-refractivity contribution >= 4 is 22.8 Å². The van der Waals surface area contributed by atoms with Crippen molar-refractivity contribution in [3.05, 3.63) is 88.9 Å². The zero-order valence-corrected chi connectivity index (χ0v) is 21.2. The Morgan fingerprint density at radius 3 is 2.31 bits per heavy atom. The van der Waals surface area contributed by atoms with Gasteiger partial charge in [-0.2, -0.15) is 0 Å². The first-order valence-electron chi connectivity index (χ1n) is 12.3. The number of hydrogen-bond acceptors (Lipinski definition) is 4. The fourth-order valence-corrected chi connectivity index (χ4v) is 4.75. The summed E-state index contributed by atoms with van der Waals surface area (Å²) in [7, 11) is 0. The Balaban J connectivity index is 1.70. The van der Waals surface area contributed by atoms with E-state index < -0.39 is 12.0 Å². The van der Waals surface area contributed by atoms with E-state index in [4.69, 9.17) is 9.97 Å². The molecule has 2 heterocycles. The van der Waals surface area contributed by atoms with Gasteiger partial charge in [0.15, 0.2) is 11.7 Å². The van der Waals surface area contributed by atoms with Crippen LogP contribution in [0.3, 0.4) is 0 Å². The highest BCUT2D eigenvalue weighted by Gasteiger charge is 2.30. The van der Waals surface area contributed by atoms with Crippen LogP contribution in [0, 0.1) is 13.8 Å². The number of aromatic nitrogens is 3. The molecule has 0 saturated heterocycles. The summed E-state index contributed by atoms with van der Waals surface area (Å²) in [6.45, 7) is 11.0. The summed E-state index contributed by atoms with van der Waals surface area (Å²) in [5, 5.41) is 10.2. The summed E-state index contributed by atoms with van der Waals surface area (Å²) in [5.74, 6) is 0.163. The number of hydrogen-bond donors (Lipinski definition) is 1. The van der Waals surface area contributed by atoms with Gasteiger partial charge in [-0.15, -0.1) is 0 Å². The van der Waals surface area contributed by atoms with Crippen LogP contribution in [0.2, 0.25) is 0 Å². The van der Waals surface area contributed by atoms with Crippen molar-refractivity contribution in [2.24, 2.45) is 0 Å². The Labute approximate surface area is 207 Å². The summed E-state index contributed by atoms with van der Waals surface area (Å²) in [4.78, 5) is 24.1. The lowest BCUT2D eigenvalue weighted by molar-refractivity contribution is -0.139. The van der Waals surface area contributed by atoms with E-state index in [1.54, 1.807) is 0 Å². The number of pyridine rings is 1. The number of rotatable bonds is 9. The van der Waals surface area contributed by atoms with Crippen LogP contribution < -0.4 is 4.90 Å². The van der Waals surface area contributed by atoms with Crippen molar-refractivity contribution in [1.82, 2.24) is 14.5 Å². The highest BCUT2D eigenvalue weighted by Crippen LogP contribution is 2.31. The summed E-state index contributed by atoms with van der Waals surface area (Å²) in [5.41, 5.74) is 6.80. The fraction of sp³-hybridized carbons (Fsp3) is 0.345. The van der Waals surface area contributed by atoms with E-state index in [1.807, 2.05) is 54.3 Å². The second-order valence-electron chi connectivity index (χ2n) is 9.20. The number of aliphatic carboxylic acids is 1. The van der Waals surface area contributed by atoms with E-state index in [9.17, 15) is 9.90 Å². The van der Waals surface area contributed by atoms with Gasteiger partial charge in [-0.1, -0.05) is 56.3 Å². The molecule has 6 heteroatoms. The van der Waals surface area contributed by atoms with Crippen molar-refractivity contribution in [2.75, 3.05) is 4.90 Å². The lowest BCUT2D eigenvalue weighted by Gasteiger charge is -2.36. The summed E-state index contributed by atoms with van der Waals surface area (Å²) in [6, 6.07) is 19.1. The molecule has 4 aromatic rings. The van der Waals surface area contributed by atoms with Crippen molar-refractivity contribution in [2.45, 2.75) is 66.1 Å². The minimum absolute atomic E-state index is 0.0570. The van der Waals surface area contributed by atoms with Crippen LogP contribution in [-0.2, 0) is 17.8 Å². The number of carboxylic acid groups (broad SMARTS) is 1. The van der Waals surface area contributed by atoms with Crippen molar-refractivity contribution in [3.8, 4) is 0 Å². The molecular weight excluding hydrogens is 436 g/mol. The molecule has 0 aliphatic carbocycles. The average molecular weight is 471 g/mol. The second-order valence-corrected chi connectivity index (χ2v) is 9.20. The molecule has 0 saturated carbocycles. The number of fused-ring (bicyclic) bond motifs is 1. The maximum Gasteiger partial charge on any atom is 0.331 e. The predicted octanol–water partition coefficient (Wildman–Crippen LogP) is 6.09. The van der Waals surface area contributed by atoms with Gasteiger partial charge in [0, 0.05) is 23.8 Å². The van der Waals surface area contributed by atoms with Crippen LogP contribution in [0.25, 0.3) is 11.2 Å². The molecule has 0 fully saturated rings. The minimum Gasteiger partial charge on any atom is -0.479 e. The highest BCUT2D eigenvalue weighted by atomic mass is 16.4. The zero-order valence-electron chi connectivity index (χ0n) is 21.2. The quantitative estimate of drug-likeness (QED) is 0.320. The molecule has 6 nitrogen and oxygen atoms in total. The third-order valence-corrected chi connectivity index (χ3v) is 6.69. The molecule has 0 aliphatic heterocycles. The number of imidazole rings is 1. The normalized spacial score (nSPS) is 13.1. The zero-order chi connectivity index (χ0) is 25.1. The molecule has 2 atom stereocenters. The van der Waals surface area contributed by atoms with Gasteiger partial charge in [0.05, 0.1) is 6.54 Å². The van der Waals surface area contributed by atoms with E-state index in [0.29, 0.717) is 6.54 Å². The fourth-order valence-electron chi connectivity index (χ4n) is 4.75. The van der Waals surface area contributed by atoms with Gasteiger partial charge in [-0.25, -0.2) is 14.8 Å². The van der Waals surface area contributed by atoms with Crippen LogP contribution in [0.5, 0.6) is 0 Å². The maximum absolute atomic E-state index is 12.4. The van der Waals surface area contributed by atoms with Gasteiger partial charge in [0.1, 0.15) is 11.3 Å². The molecule has 2 unspecified atom stereocenters. The van der Waals surface area contributed by atoms with E-state index in [2.05, 4.69) is 50.5 Å². The Hall–Kier alpha value is -3.67. The summed E-state index contributed by atoms with van der Waals surface area (Å²) < 4.78 is 2.20. The lowest BCUT2D eigenvalue weighted by Crippen LogP contribution is -2.40. The first-order valence-corrected chi connectivity index (χ1v) is 12.3. The molecule has 0 amide bonds. The molecule has 2 aromatic heterocycles. The molecule has 4 rings (SSSR count). The second kappa shape index (κ2) is 10.3. The topological polar surface area (TPSA) is 71.2 Å². The highest BCUT2D eigenvalue weighted by molar-refractivity contribution is 5.80. The SMILES string of the molecule is CCc1nc2c(C)cc(C)nc2n1Cc1ccc(N(C(C)CC)C(C(=O)O)c2ccccc2)cc1. The Morgan fingerprint density at radius 2 is 1.71 bits per heavy atom. The standard InChI is InChI=1S/C29H34N4O2/c1-6-21(5)33(27(29(34)35)23-11-9-8-10-12-23)24-15-13-22(14-16-24)18-32-25(7-2)31-26-19(3)17-20(4)30-28(26)32/h8-17,21,27H,6-7,18H2,1-5H3,(H,34,35). The van der Waals surface area contributed by atoms with Gasteiger partial charge >= 0.3 is 5.97 Å². The van der Waals surface area contributed by atoms with Gasteiger partial charge in [0.25, 0.3) is 0 Å². The monoisotopic (exact) mass is 470 g/mol. The van der Waals surface area contributed by atoms with Crippen LogP contribution in [0.4, 0.5) is 5.69 Å². The van der Waals surface area contributed by atoms with E-state index in [-0.39, 0.29) is 6.04 Å². The molecule has 0 bridgehead atoms. The van der Waals surface area contributed by atoms with E-state index in [0.717, 1.165) is 57.9 Å². The summed E-state index contributed by atoms with van der Waals surface area (Å²) in [6.07, 6.45) is 1.66. The van der Waals surface area contributed by atoms with Crippen molar-refractivity contribution in [3.63, 3.8) is 0 Å². The average Bonchev–Trinajstić information content (AvgIpc) is 3.20. The Morgan fingerprint density at radius 1 is 1.03 bits per heavy atom. The Bertz CT molecular complexity index is 1310. The van der Waals surface area contributed by atoms with Crippen molar-refractivity contribution in [1.29, 1.82) is 0 Å². The third-order valence-electron chi connectivity index (χ3n) is 6.69. The van der Waals surface area contributed by atoms with Crippen molar-refractivity contribution < 1.29 is 9.90 Å². The summed E-state index contributed by atoms with van der Waals surface area (Å²) >= 11 is 0.